The SMILES string of the molecule is COc1ccc(OC)c(C2CCN(Cc3ncccc3C(=O)O)C2)c1. The molecule has 132 valence electrons. The van der Waals surface area contributed by atoms with Crippen LogP contribution in [0.3, 0.4) is 0 Å². The van der Waals surface area contributed by atoms with Crippen LogP contribution in [0.4, 0.5) is 0 Å². The maximum Gasteiger partial charge on any atom is 0.337 e. The first-order chi connectivity index (χ1) is 12.1. The highest BCUT2D eigenvalue weighted by atomic mass is 16.5. The third kappa shape index (κ3) is 3.74. The predicted octanol–water partition coefficient (Wildman–Crippen LogP) is 2.79. The van der Waals surface area contributed by atoms with Crippen LogP contribution < -0.4 is 9.47 Å². The van der Waals surface area contributed by atoms with Gasteiger partial charge in [0.2, 0.25) is 0 Å². The lowest BCUT2D eigenvalue weighted by molar-refractivity contribution is 0.0694. The molecule has 1 atom stereocenters. The van der Waals surface area contributed by atoms with Crippen LogP contribution in [-0.4, -0.2) is 48.3 Å². The van der Waals surface area contributed by atoms with E-state index in [-0.39, 0.29) is 5.56 Å². The molecule has 0 spiro atoms. The third-order valence-corrected chi connectivity index (χ3v) is 4.64. The molecule has 1 aromatic carbocycles. The second-order valence-electron chi connectivity index (χ2n) is 6.13. The van der Waals surface area contributed by atoms with Gasteiger partial charge < -0.3 is 14.6 Å². The van der Waals surface area contributed by atoms with Gasteiger partial charge in [0.15, 0.2) is 0 Å². The van der Waals surface area contributed by atoms with Gasteiger partial charge in [-0.05, 0) is 43.3 Å². The fourth-order valence-corrected chi connectivity index (χ4v) is 3.36. The summed E-state index contributed by atoms with van der Waals surface area (Å²) in [4.78, 5) is 17.8. The number of ether oxygens (including phenoxy) is 2. The number of carbonyl (C=O) groups is 1. The number of carboxylic acids is 1. The van der Waals surface area contributed by atoms with E-state index in [1.807, 2.05) is 18.2 Å². The van der Waals surface area contributed by atoms with E-state index < -0.39 is 5.97 Å². The Morgan fingerprint density at radius 1 is 1.32 bits per heavy atom. The minimum atomic E-state index is -0.937. The average Bonchev–Trinajstić information content (AvgIpc) is 3.09. The van der Waals surface area contributed by atoms with Crippen molar-refractivity contribution in [1.29, 1.82) is 0 Å². The molecule has 0 amide bonds. The first-order valence-electron chi connectivity index (χ1n) is 8.24. The molecule has 2 heterocycles. The van der Waals surface area contributed by atoms with E-state index in [9.17, 15) is 9.90 Å². The molecule has 1 aliphatic heterocycles. The fraction of sp³-hybridized carbons (Fsp3) is 0.368. The number of aromatic carboxylic acids is 1. The normalized spacial score (nSPS) is 17.4. The highest BCUT2D eigenvalue weighted by Crippen LogP contribution is 2.36. The molecular weight excluding hydrogens is 320 g/mol. The monoisotopic (exact) mass is 342 g/mol. The molecule has 3 rings (SSSR count). The summed E-state index contributed by atoms with van der Waals surface area (Å²) >= 11 is 0. The van der Waals surface area contributed by atoms with E-state index in [4.69, 9.17) is 9.47 Å². The van der Waals surface area contributed by atoms with Crippen LogP contribution >= 0.6 is 0 Å². The number of hydrogen-bond acceptors (Lipinski definition) is 5. The first kappa shape index (κ1) is 17.2. The zero-order valence-corrected chi connectivity index (χ0v) is 14.4. The van der Waals surface area contributed by atoms with Gasteiger partial charge in [0.1, 0.15) is 11.5 Å². The van der Waals surface area contributed by atoms with Crippen LogP contribution in [0.15, 0.2) is 36.5 Å². The maximum absolute atomic E-state index is 11.3. The molecule has 1 N–H and O–H groups in total. The molecule has 1 unspecified atom stereocenters. The number of rotatable bonds is 6. The summed E-state index contributed by atoms with van der Waals surface area (Å²) in [6, 6.07) is 9.10. The Balaban J connectivity index is 1.76. The Morgan fingerprint density at radius 2 is 2.16 bits per heavy atom. The molecule has 0 aliphatic carbocycles. The molecule has 1 fully saturated rings. The van der Waals surface area contributed by atoms with Gasteiger partial charge in [0, 0.05) is 30.8 Å². The van der Waals surface area contributed by atoms with Gasteiger partial charge in [-0.15, -0.1) is 0 Å². The van der Waals surface area contributed by atoms with Crippen molar-refractivity contribution in [3.63, 3.8) is 0 Å². The van der Waals surface area contributed by atoms with Crippen LogP contribution in [0.5, 0.6) is 11.5 Å². The number of pyridine rings is 1. The van der Waals surface area contributed by atoms with Crippen LogP contribution in [-0.2, 0) is 6.54 Å². The lowest BCUT2D eigenvalue weighted by Gasteiger charge is -2.18. The molecule has 0 bridgehead atoms. The van der Waals surface area contributed by atoms with E-state index in [0.717, 1.165) is 36.6 Å². The Labute approximate surface area is 147 Å². The highest BCUT2D eigenvalue weighted by molar-refractivity contribution is 5.88. The van der Waals surface area contributed by atoms with Crippen LogP contribution in [0.25, 0.3) is 0 Å². The minimum Gasteiger partial charge on any atom is -0.497 e. The second kappa shape index (κ2) is 7.53. The van der Waals surface area contributed by atoms with E-state index in [1.165, 1.54) is 0 Å². The maximum atomic E-state index is 11.3. The Hall–Kier alpha value is -2.60. The molecule has 0 saturated carbocycles. The molecule has 1 aromatic heterocycles. The van der Waals surface area contributed by atoms with Crippen LogP contribution in [0, 0.1) is 0 Å². The van der Waals surface area contributed by atoms with E-state index >= 15 is 0 Å². The number of carboxylic acid groups (broad SMARTS) is 1. The molecule has 2 aromatic rings. The summed E-state index contributed by atoms with van der Waals surface area (Å²) in [7, 11) is 3.33. The van der Waals surface area contributed by atoms with Crippen molar-refractivity contribution >= 4 is 5.97 Å². The zero-order valence-electron chi connectivity index (χ0n) is 14.4. The number of aromatic nitrogens is 1. The molecule has 1 aliphatic rings. The van der Waals surface area contributed by atoms with E-state index in [0.29, 0.717) is 18.2 Å². The summed E-state index contributed by atoms with van der Waals surface area (Å²) in [5.41, 5.74) is 2.00. The van der Waals surface area contributed by atoms with Crippen molar-refractivity contribution < 1.29 is 19.4 Å². The standard InChI is InChI=1S/C19H22N2O4/c1-24-14-5-6-18(25-2)16(10-14)13-7-9-21(11-13)12-17-15(19(22)23)4-3-8-20-17/h3-6,8,10,13H,7,9,11-12H2,1-2H3,(H,22,23). The highest BCUT2D eigenvalue weighted by Gasteiger charge is 2.27. The molecule has 0 radical (unpaired) electrons. The van der Waals surface area contributed by atoms with E-state index in [2.05, 4.69) is 9.88 Å². The summed E-state index contributed by atoms with van der Waals surface area (Å²) in [6.07, 6.45) is 2.62. The summed E-state index contributed by atoms with van der Waals surface area (Å²) in [6.45, 7) is 2.26. The number of likely N-dealkylation sites (tertiary alicyclic amines) is 1. The molecule has 6 nitrogen and oxygen atoms in total. The van der Waals surface area contributed by atoms with Crippen LogP contribution in [0.2, 0.25) is 0 Å². The first-order valence-corrected chi connectivity index (χ1v) is 8.24. The molecule has 25 heavy (non-hydrogen) atoms. The van der Waals surface area contributed by atoms with Crippen LogP contribution in [0.1, 0.15) is 34.0 Å². The third-order valence-electron chi connectivity index (χ3n) is 4.64. The Kier molecular flexibility index (Phi) is 5.19. The fourth-order valence-electron chi connectivity index (χ4n) is 3.36. The van der Waals surface area contributed by atoms with Crippen molar-refractivity contribution in [3.8, 4) is 11.5 Å². The van der Waals surface area contributed by atoms with E-state index in [1.54, 1.807) is 32.5 Å². The van der Waals surface area contributed by atoms with Crippen molar-refractivity contribution in [2.75, 3.05) is 27.3 Å². The van der Waals surface area contributed by atoms with Gasteiger partial charge in [-0.2, -0.15) is 0 Å². The quantitative estimate of drug-likeness (QED) is 0.870. The summed E-state index contributed by atoms with van der Waals surface area (Å²) < 4.78 is 10.8. The lowest BCUT2D eigenvalue weighted by Crippen LogP contribution is -2.22. The molecule has 1 saturated heterocycles. The number of methoxy groups -OCH3 is 2. The number of benzene rings is 1. The van der Waals surface area contributed by atoms with Crippen molar-refractivity contribution in [2.24, 2.45) is 0 Å². The van der Waals surface area contributed by atoms with Gasteiger partial charge in [-0.3, -0.25) is 9.88 Å². The summed E-state index contributed by atoms with van der Waals surface area (Å²) in [5.74, 6) is 1.05. The van der Waals surface area contributed by atoms with Gasteiger partial charge >= 0.3 is 5.97 Å². The van der Waals surface area contributed by atoms with Gasteiger partial charge in [-0.1, -0.05) is 0 Å². The lowest BCUT2D eigenvalue weighted by atomic mass is 9.97. The van der Waals surface area contributed by atoms with Crippen molar-refractivity contribution in [2.45, 2.75) is 18.9 Å². The Bertz CT molecular complexity index is 763. The largest absolute Gasteiger partial charge is 0.497 e. The van der Waals surface area contributed by atoms with Gasteiger partial charge in [0.25, 0.3) is 0 Å². The average molecular weight is 342 g/mol. The zero-order chi connectivity index (χ0) is 17.8. The summed E-state index contributed by atoms with van der Waals surface area (Å²) in [5, 5.41) is 9.31. The molecular formula is C19H22N2O4. The topological polar surface area (TPSA) is 71.9 Å². The smallest absolute Gasteiger partial charge is 0.337 e. The molecule has 6 heteroatoms. The predicted molar refractivity (Wildman–Crippen MR) is 93.4 cm³/mol. The second-order valence-corrected chi connectivity index (χ2v) is 6.13. The van der Waals surface area contributed by atoms with Gasteiger partial charge in [0.05, 0.1) is 25.5 Å². The Morgan fingerprint density at radius 3 is 2.88 bits per heavy atom. The van der Waals surface area contributed by atoms with Crippen molar-refractivity contribution in [1.82, 2.24) is 9.88 Å². The number of nitrogens with zero attached hydrogens (tertiary/aromatic N) is 2. The van der Waals surface area contributed by atoms with Gasteiger partial charge in [-0.25, -0.2) is 4.79 Å². The van der Waals surface area contributed by atoms with Crippen molar-refractivity contribution in [3.05, 3.63) is 53.3 Å². The number of hydrogen-bond donors (Lipinski definition) is 1. The minimum absolute atomic E-state index is 0.268.